The first kappa shape index (κ1) is 23.5. The molecule has 0 saturated heterocycles. The van der Waals surface area contributed by atoms with Gasteiger partial charge in [0.15, 0.2) is 0 Å². The molecular formula is C26H33N3O3. The quantitative estimate of drug-likeness (QED) is 0.718. The van der Waals surface area contributed by atoms with Gasteiger partial charge in [0.2, 0.25) is 11.8 Å². The maximum Gasteiger partial charge on any atom is 0.251 e. The highest BCUT2D eigenvalue weighted by atomic mass is 16.2. The fourth-order valence-corrected chi connectivity index (χ4v) is 4.01. The lowest BCUT2D eigenvalue weighted by atomic mass is 9.92. The molecule has 0 aliphatic carbocycles. The van der Waals surface area contributed by atoms with Crippen LogP contribution in [0.15, 0.2) is 42.5 Å². The molecule has 1 aliphatic rings. The molecule has 3 amide bonds. The van der Waals surface area contributed by atoms with Crippen molar-refractivity contribution in [2.45, 2.75) is 66.1 Å². The van der Waals surface area contributed by atoms with Gasteiger partial charge in [0.1, 0.15) is 6.04 Å². The molecule has 0 fully saturated rings. The number of hydrogen-bond donors (Lipinski definition) is 2. The van der Waals surface area contributed by atoms with E-state index in [1.54, 1.807) is 23.1 Å². The summed E-state index contributed by atoms with van der Waals surface area (Å²) in [5, 5.41) is 5.85. The monoisotopic (exact) mass is 435 g/mol. The number of carbonyl (C=O) groups excluding carboxylic acids is 3. The molecule has 2 aromatic carbocycles. The van der Waals surface area contributed by atoms with Crippen LogP contribution in [0.2, 0.25) is 0 Å². The smallest absolute Gasteiger partial charge is 0.251 e. The van der Waals surface area contributed by atoms with E-state index >= 15 is 0 Å². The largest absolute Gasteiger partial charge is 0.350 e. The molecule has 2 aromatic rings. The van der Waals surface area contributed by atoms with Gasteiger partial charge < -0.3 is 15.5 Å². The van der Waals surface area contributed by atoms with Crippen LogP contribution in [-0.4, -0.2) is 34.7 Å². The number of nitrogens with one attached hydrogen (secondary N) is 2. The molecule has 1 aliphatic heterocycles. The van der Waals surface area contributed by atoms with Gasteiger partial charge in [0.25, 0.3) is 5.91 Å². The fourth-order valence-electron chi connectivity index (χ4n) is 4.01. The van der Waals surface area contributed by atoms with Gasteiger partial charge in [-0.15, -0.1) is 0 Å². The van der Waals surface area contributed by atoms with E-state index in [0.717, 1.165) is 23.1 Å². The standard InChI is InChI=1S/C26H33N3O3/c1-6-17(4)26(32)29-15-20-10-8-7-9-19(20)14-23(29)25(31)28-21-11-12-22(18(5)13-21)24(30)27-16(2)3/h7-13,16-17,23H,6,14-15H2,1-5H3,(H,27,30)(H,28,31). The van der Waals surface area contributed by atoms with E-state index in [1.807, 2.05) is 58.9 Å². The van der Waals surface area contributed by atoms with Crippen molar-refractivity contribution in [2.24, 2.45) is 5.92 Å². The van der Waals surface area contributed by atoms with E-state index in [4.69, 9.17) is 0 Å². The zero-order chi connectivity index (χ0) is 23.4. The van der Waals surface area contributed by atoms with Crippen molar-refractivity contribution in [3.63, 3.8) is 0 Å². The molecule has 2 atom stereocenters. The summed E-state index contributed by atoms with van der Waals surface area (Å²) >= 11 is 0. The topological polar surface area (TPSA) is 78.5 Å². The SMILES string of the molecule is CCC(C)C(=O)N1Cc2ccccc2CC1C(=O)Nc1ccc(C(=O)NC(C)C)c(C)c1. The van der Waals surface area contributed by atoms with Crippen LogP contribution in [0.25, 0.3) is 0 Å². The summed E-state index contributed by atoms with van der Waals surface area (Å²) in [6.07, 6.45) is 1.21. The second kappa shape index (κ2) is 9.98. The minimum absolute atomic E-state index is 0.000891. The predicted octanol–water partition coefficient (Wildman–Crippen LogP) is 4.07. The van der Waals surface area contributed by atoms with Crippen LogP contribution in [0.3, 0.4) is 0 Å². The molecule has 6 heteroatoms. The Bertz CT molecular complexity index is 1020. The molecule has 0 spiro atoms. The Morgan fingerprint density at radius 3 is 2.38 bits per heavy atom. The van der Waals surface area contributed by atoms with Gasteiger partial charge in [-0.1, -0.05) is 38.1 Å². The molecule has 6 nitrogen and oxygen atoms in total. The summed E-state index contributed by atoms with van der Waals surface area (Å²) in [4.78, 5) is 40.4. The van der Waals surface area contributed by atoms with Gasteiger partial charge >= 0.3 is 0 Å². The van der Waals surface area contributed by atoms with Gasteiger partial charge in [0.05, 0.1) is 0 Å². The van der Waals surface area contributed by atoms with E-state index in [2.05, 4.69) is 10.6 Å². The highest BCUT2D eigenvalue weighted by Gasteiger charge is 2.36. The van der Waals surface area contributed by atoms with Crippen molar-refractivity contribution in [1.29, 1.82) is 0 Å². The summed E-state index contributed by atoms with van der Waals surface area (Å²) in [6.45, 7) is 10.00. The number of anilines is 1. The van der Waals surface area contributed by atoms with Crippen LogP contribution in [0.5, 0.6) is 0 Å². The van der Waals surface area contributed by atoms with Crippen LogP contribution in [0, 0.1) is 12.8 Å². The Morgan fingerprint density at radius 1 is 1.06 bits per heavy atom. The number of nitrogens with zero attached hydrogens (tertiary/aromatic N) is 1. The third-order valence-corrected chi connectivity index (χ3v) is 6.03. The lowest BCUT2D eigenvalue weighted by Gasteiger charge is -2.37. The summed E-state index contributed by atoms with van der Waals surface area (Å²) < 4.78 is 0. The Labute approximate surface area is 190 Å². The second-order valence-electron chi connectivity index (χ2n) is 8.91. The molecule has 0 radical (unpaired) electrons. The maximum atomic E-state index is 13.3. The number of rotatable bonds is 6. The van der Waals surface area contributed by atoms with Crippen LogP contribution in [-0.2, 0) is 22.6 Å². The number of amides is 3. The van der Waals surface area contributed by atoms with Crippen molar-refractivity contribution in [1.82, 2.24) is 10.2 Å². The molecule has 170 valence electrons. The molecule has 2 N–H and O–H groups in total. The predicted molar refractivity (Wildman–Crippen MR) is 126 cm³/mol. The Hall–Kier alpha value is -3.15. The molecule has 1 heterocycles. The van der Waals surface area contributed by atoms with Crippen LogP contribution >= 0.6 is 0 Å². The summed E-state index contributed by atoms with van der Waals surface area (Å²) in [5.41, 5.74) is 4.16. The van der Waals surface area contributed by atoms with Gasteiger partial charge in [-0.2, -0.15) is 0 Å². The number of fused-ring (bicyclic) bond motifs is 1. The van der Waals surface area contributed by atoms with Crippen molar-refractivity contribution in [2.75, 3.05) is 5.32 Å². The lowest BCUT2D eigenvalue weighted by Crippen LogP contribution is -2.52. The van der Waals surface area contributed by atoms with Crippen molar-refractivity contribution >= 4 is 23.4 Å². The fraction of sp³-hybridized carbons (Fsp3) is 0.423. The maximum absolute atomic E-state index is 13.3. The molecule has 3 rings (SSSR count). The van der Waals surface area contributed by atoms with Gasteiger partial charge in [-0.25, -0.2) is 0 Å². The van der Waals surface area contributed by atoms with E-state index in [9.17, 15) is 14.4 Å². The second-order valence-corrected chi connectivity index (χ2v) is 8.91. The Kier molecular flexibility index (Phi) is 7.33. The molecule has 0 aromatic heterocycles. The van der Waals surface area contributed by atoms with Crippen molar-refractivity contribution in [3.05, 3.63) is 64.7 Å². The summed E-state index contributed by atoms with van der Waals surface area (Å²) in [5.74, 6) is -0.491. The Balaban J connectivity index is 1.82. The van der Waals surface area contributed by atoms with Crippen LogP contribution < -0.4 is 10.6 Å². The van der Waals surface area contributed by atoms with E-state index in [1.165, 1.54) is 0 Å². The normalized spacial score (nSPS) is 16.3. The minimum Gasteiger partial charge on any atom is -0.350 e. The lowest BCUT2D eigenvalue weighted by molar-refractivity contribution is -0.143. The first-order chi connectivity index (χ1) is 15.2. The average Bonchev–Trinajstić information content (AvgIpc) is 2.76. The first-order valence-electron chi connectivity index (χ1n) is 11.3. The van der Waals surface area contributed by atoms with E-state index < -0.39 is 6.04 Å². The minimum atomic E-state index is -0.573. The highest BCUT2D eigenvalue weighted by molar-refractivity contribution is 5.99. The molecule has 32 heavy (non-hydrogen) atoms. The third kappa shape index (κ3) is 5.18. The van der Waals surface area contributed by atoms with Gasteiger partial charge in [-0.05, 0) is 62.1 Å². The number of benzene rings is 2. The highest BCUT2D eigenvalue weighted by Crippen LogP contribution is 2.27. The first-order valence-corrected chi connectivity index (χ1v) is 11.3. The molecule has 0 bridgehead atoms. The van der Waals surface area contributed by atoms with Crippen LogP contribution in [0.1, 0.15) is 61.2 Å². The third-order valence-electron chi connectivity index (χ3n) is 6.03. The number of hydrogen-bond acceptors (Lipinski definition) is 3. The zero-order valence-electron chi connectivity index (χ0n) is 19.6. The van der Waals surface area contributed by atoms with E-state index in [0.29, 0.717) is 24.2 Å². The Morgan fingerprint density at radius 2 is 1.75 bits per heavy atom. The molecule has 2 unspecified atom stereocenters. The van der Waals surface area contributed by atoms with Crippen LogP contribution in [0.4, 0.5) is 5.69 Å². The van der Waals surface area contributed by atoms with E-state index in [-0.39, 0.29) is 29.7 Å². The number of carbonyl (C=O) groups is 3. The van der Waals surface area contributed by atoms with Crippen molar-refractivity contribution in [3.8, 4) is 0 Å². The summed E-state index contributed by atoms with van der Waals surface area (Å²) in [6, 6.07) is 12.7. The molecule has 0 saturated carbocycles. The summed E-state index contributed by atoms with van der Waals surface area (Å²) in [7, 11) is 0. The zero-order valence-corrected chi connectivity index (χ0v) is 19.6. The van der Waals surface area contributed by atoms with Gasteiger partial charge in [0, 0.05) is 36.2 Å². The molecular weight excluding hydrogens is 402 g/mol. The van der Waals surface area contributed by atoms with Gasteiger partial charge in [-0.3, -0.25) is 14.4 Å². The number of aryl methyl sites for hydroxylation is 1. The van der Waals surface area contributed by atoms with Crippen molar-refractivity contribution < 1.29 is 14.4 Å². The average molecular weight is 436 g/mol.